The van der Waals surface area contributed by atoms with Gasteiger partial charge in [0.1, 0.15) is 17.1 Å². The van der Waals surface area contributed by atoms with Crippen LogP contribution < -0.4 is 5.32 Å². The lowest BCUT2D eigenvalue weighted by atomic mass is 10.00. The number of aromatic nitrogens is 1. The molecule has 2 N–H and O–H groups in total. The Bertz CT molecular complexity index is 860. The summed E-state index contributed by atoms with van der Waals surface area (Å²) in [5.41, 5.74) is 1.83. The van der Waals surface area contributed by atoms with Crippen molar-refractivity contribution in [3.05, 3.63) is 77.3 Å². The van der Waals surface area contributed by atoms with Crippen molar-refractivity contribution in [1.82, 2.24) is 10.5 Å². The molecule has 1 aromatic heterocycles. The largest absolute Gasteiger partial charge is 0.388 e. The predicted molar refractivity (Wildman–Crippen MR) is 90.4 cm³/mol. The predicted octanol–water partition coefficient (Wildman–Crippen LogP) is 3.12. The van der Waals surface area contributed by atoms with E-state index in [2.05, 4.69) is 10.5 Å². The number of aliphatic hydroxyl groups excluding tert-OH is 1. The van der Waals surface area contributed by atoms with Gasteiger partial charge < -0.3 is 14.9 Å². The molecule has 1 heterocycles. The second kappa shape index (κ2) is 7.27. The number of carbonyl (C=O) groups excluding carboxylic acids is 1. The summed E-state index contributed by atoms with van der Waals surface area (Å²) in [5.74, 6) is -0.487. The molecule has 6 heteroatoms. The van der Waals surface area contributed by atoms with Crippen LogP contribution in [0.5, 0.6) is 0 Å². The van der Waals surface area contributed by atoms with Gasteiger partial charge in [0.05, 0.1) is 6.10 Å². The van der Waals surface area contributed by atoms with Crippen molar-refractivity contribution in [3.63, 3.8) is 0 Å². The number of hydrogen-bond acceptors (Lipinski definition) is 4. The van der Waals surface area contributed by atoms with E-state index >= 15 is 0 Å². The maximum absolute atomic E-state index is 13.1. The van der Waals surface area contributed by atoms with Gasteiger partial charge in [-0.25, -0.2) is 4.39 Å². The van der Waals surface area contributed by atoms with Crippen molar-refractivity contribution < 1.29 is 18.8 Å². The lowest BCUT2D eigenvalue weighted by molar-refractivity contribution is 0.0959. The normalized spacial score (nSPS) is 12.0. The summed E-state index contributed by atoms with van der Waals surface area (Å²) >= 11 is 0. The molecule has 1 amide bonds. The number of rotatable bonds is 5. The molecule has 0 aliphatic rings. The van der Waals surface area contributed by atoms with E-state index in [0.717, 1.165) is 0 Å². The number of aliphatic hydroxyl groups is 1. The molecule has 0 radical (unpaired) electrons. The highest BCUT2D eigenvalue weighted by Gasteiger charge is 2.25. The van der Waals surface area contributed by atoms with Crippen molar-refractivity contribution in [2.45, 2.75) is 12.5 Å². The fraction of sp³-hybridized carbons (Fsp3) is 0.158. The van der Waals surface area contributed by atoms with Crippen LogP contribution in [0.15, 0.2) is 59.1 Å². The van der Waals surface area contributed by atoms with Crippen LogP contribution >= 0.6 is 0 Å². The van der Waals surface area contributed by atoms with Gasteiger partial charge in [-0.1, -0.05) is 35.5 Å². The van der Waals surface area contributed by atoms with E-state index in [1.54, 1.807) is 12.1 Å². The fourth-order valence-electron chi connectivity index (χ4n) is 2.60. The fourth-order valence-corrected chi connectivity index (χ4v) is 2.60. The molecule has 1 unspecified atom stereocenters. The van der Waals surface area contributed by atoms with Crippen LogP contribution in [0.4, 0.5) is 4.39 Å². The first-order valence-electron chi connectivity index (χ1n) is 7.79. The van der Waals surface area contributed by atoms with Gasteiger partial charge in [-0.05, 0) is 29.8 Å². The first-order valence-corrected chi connectivity index (χ1v) is 7.79. The molecule has 0 bridgehead atoms. The Morgan fingerprint density at radius 3 is 2.52 bits per heavy atom. The quantitative estimate of drug-likeness (QED) is 0.748. The molecule has 3 aromatic rings. The molecule has 0 aliphatic carbocycles. The number of carbonyl (C=O) groups is 1. The number of nitrogens with zero attached hydrogens (tertiary/aromatic N) is 1. The van der Waals surface area contributed by atoms with Crippen LogP contribution in [0, 0.1) is 5.82 Å². The van der Waals surface area contributed by atoms with Crippen LogP contribution in [0.1, 0.15) is 27.8 Å². The van der Waals surface area contributed by atoms with E-state index in [9.17, 15) is 14.3 Å². The molecule has 0 spiro atoms. The van der Waals surface area contributed by atoms with Gasteiger partial charge in [0, 0.05) is 19.0 Å². The molecule has 0 saturated carbocycles. The topological polar surface area (TPSA) is 75.4 Å². The number of amides is 1. The minimum absolute atomic E-state index is 0.0982. The Morgan fingerprint density at radius 2 is 1.88 bits per heavy atom. The zero-order chi connectivity index (χ0) is 17.8. The number of nitrogens with one attached hydrogen (secondary N) is 1. The summed E-state index contributed by atoms with van der Waals surface area (Å²) in [6.45, 7) is 0. The Balaban J connectivity index is 1.97. The van der Waals surface area contributed by atoms with Crippen molar-refractivity contribution >= 4 is 5.91 Å². The molecule has 3 rings (SSSR count). The highest BCUT2D eigenvalue weighted by atomic mass is 19.1. The summed E-state index contributed by atoms with van der Waals surface area (Å²) < 4.78 is 18.5. The van der Waals surface area contributed by atoms with Gasteiger partial charge in [0.2, 0.25) is 0 Å². The van der Waals surface area contributed by atoms with Gasteiger partial charge >= 0.3 is 0 Å². The molecular formula is C19H17FN2O3. The molecule has 0 aliphatic heterocycles. The molecule has 2 aromatic carbocycles. The third-order valence-electron chi connectivity index (χ3n) is 3.90. The number of hydrogen-bond donors (Lipinski definition) is 2. The van der Waals surface area contributed by atoms with E-state index in [1.807, 2.05) is 18.2 Å². The smallest absolute Gasteiger partial charge is 0.256 e. The Hall–Kier alpha value is -2.99. The minimum atomic E-state index is -0.835. The van der Waals surface area contributed by atoms with Gasteiger partial charge in [-0.3, -0.25) is 4.79 Å². The summed E-state index contributed by atoms with van der Waals surface area (Å²) in [4.78, 5) is 12.3. The lowest BCUT2D eigenvalue weighted by Gasteiger charge is -2.10. The maximum atomic E-state index is 13.1. The first kappa shape index (κ1) is 16.9. The number of benzene rings is 2. The second-order valence-electron chi connectivity index (χ2n) is 5.55. The molecular weight excluding hydrogens is 323 g/mol. The van der Waals surface area contributed by atoms with Crippen molar-refractivity contribution in [2.24, 2.45) is 0 Å². The van der Waals surface area contributed by atoms with E-state index < -0.39 is 6.10 Å². The standard InChI is InChI=1S/C19H17FN2O3/c1-21-19(24)17-16(11-15(23)12-5-3-2-4-6-12)25-22-18(17)13-7-9-14(20)10-8-13/h2-10,15,23H,11H2,1H3,(H,21,24). The molecule has 25 heavy (non-hydrogen) atoms. The maximum Gasteiger partial charge on any atom is 0.256 e. The summed E-state index contributed by atoms with van der Waals surface area (Å²) in [6, 6.07) is 14.7. The van der Waals surface area contributed by atoms with Crippen molar-refractivity contribution in [3.8, 4) is 11.3 Å². The van der Waals surface area contributed by atoms with Gasteiger partial charge in [0.25, 0.3) is 5.91 Å². The zero-order valence-electron chi connectivity index (χ0n) is 13.6. The SMILES string of the molecule is CNC(=O)c1c(-c2ccc(F)cc2)noc1CC(O)c1ccccc1. The van der Waals surface area contributed by atoms with E-state index in [1.165, 1.54) is 31.3 Å². The molecule has 0 saturated heterocycles. The van der Waals surface area contributed by atoms with E-state index in [-0.39, 0.29) is 29.5 Å². The Kier molecular flexibility index (Phi) is 4.90. The first-order chi connectivity index (χ1) is 12.1. The van der Waals surface area contributed by atoms with Gasteiger partial charge in [-0.2, -0.15) is 0 Å². The highest BCUT2D eigenvalue weighted by Crippen LogP contribution is 2.29. The average Bonchev–Trinajstić information content (AvgIpc) is 3.06. The van der Waals surface area contributed by atoms with E-state index in [4.69, 9.17) is 4.52 Å². The zero-order valence-corrected chi connectivity index (χ0v) is 13.6. The van der Waals surface area contributed by atoms with Crippen LogP contribution in [0.3, 0.4) is 0 Å². The lowest BCUT2D eigenvalue weighted by Crippen LogP contribution is -2.20. The summed E-state index contributed by atoms with van der Waals surface area (Å²) in [7, 11) is 1.50. The van der Waals surface area contributed by atoms with Crippen LogP contribution in [-0.2, 0) is 6.42 Å². The molecule has 0 fully saturated rings. The van der Waals surface area contributed by atoms with Gasteiger partial charge in [0.15, 0.2) is 5.76 Å². The summed E-state index contributed by atoms with van der Waals surface area (Å²) in [6.07, 6.45) is -0.736. The van der Waals surface area contributed by atoms with Crippen LogP contribution in [0.2, 0.25) is 0 Å². The number of halogens is 1. The van der Waals surface area contributed by atoms with Crippen LogP contribution in [-0.4, -0.2) is 23.2 Å². The minimum Gasteiger partial charge on any atom is -0.388 e. The second-order valence-corrected chi connectivity index (χ2v) is 5.55. The molecule has 1 atom stereocenters. The van der Waals surface area contributed by atoms with Gasteiger partial charge in [-0.15, -0.1) is 0 Å². The van der Waals surface area contributed by atoms with Crippen LogP contribution in [0.25, 0.3) is 11.3 Å². The molecule has 128 valence electrons. The Morgan fingerprint density at radius 1 is 1.20 bits per heavy atom. The monoisotopic (exact) mass is 340 g/mol. The van der Waals surface area contributed by atoms with Crippen molar-refractivity contribution in [2.75, 3.05) is 7.05 Å². The van der Waals surface area contributed by atoms with Crippen molar-refractivity contribution in [1.29, 1.82) is 0 Å². The third kappa shape index (κ3) is 3.59. The Labute approximate surface area is 144 Å². The summed E-state index contributed by atoms with van der Waals surface area (Å²) in [5, 5.41) is 16.9. The highest BCUT2D eigenvalue weighted by molar-refractivity contribution is 6.00. The van der Waals surface area contributed by atoms with E-state index in [0.29, 0.717) is 16.8 Å². The third-order valence-corrected chi connectivity index (χ3v) is 3.90. The molecule has 5 nitrogen and oxygen atoms in total. The average molecular weight is 340 g/mol.